The molecule has 0 aliphatic rings. The van der Waals surface area contributed by atoms with E-state index in [9.17, 15) is 0 Å². The Morgan fingerprint density at radius 3 is 0.800 bits per heavy atom. The smallest absolute Gasteiger partial charge is 0 e. The first kappa shape index (κ1) is 5100. The molecular formula is C2H6N2O. The van der Waals surface area contributed by atoms with Crippen molar-refractivity contribution in [3.63, 3.8) is 0 Å². The van der Waals surface area contributed by atoms with Crippen LogP contribution < -0.4 is 12.3 Å². The van der Waals surface area contributed by atoms with E-state index in [1.54, 1.807) is 0 Å². The molecule has 10 radical (unpaired) electrons. The monoisotopic (exact) mass is 74.0 g/mol. The van der Waals surface area contributed by atoms with Gasteiger partial charge in [-0.3, -0.25) is 0 Å². The molecule has 0 saturated heterocycles. The Kier molecular flexibility index (Phi) is 2280000. The molecule has 0 spiro atoms. The van der Waals surface area contributed by atoms with Gasteiger partial charge >= 0.3 is 0 Å². The standard InChI is InChI=1S/CH4.C.2N.H2O/h1H4;;;;1H2. The largest absolute Gasteiger partial charge is 0.412 e. The van der Waals surface area contributed by atoms with Crippen molar-refractivity contribution >= 4 is 0 Å². The maximum absolute atomic E-state index is 0. The minimum Gasteiger partial charge on any atom is -0.412 e. The lowest BCUT2D eigenvalue weighted by Crippen LogP contribution is -0.482. The van der Waals surface area contributed by atoms with Crippen molar-refractivity contribution in [1.29, 1.82) is 0 Å². The highest BCUT2D eigenvalue weighted by Gasteiger charge is 0.00205. The van der Waals surface area contributed by atoms with Crippen molar-refractivity contribution < 1.29 is 5.48 Å². The van der Waals surface area contributed by atoms with E-state index in [2.05, 4.69) is 0 Å². The zero-order valence-corrected chi connectivity index (χ0v) is 1.89. The van der Waals surface area contributed by atoms with Gasteiger partial charge in [-0.2, -0.15) is 0 Å². The Labute approximate surface area is 33.9 Å². The van der Waals surface area contributed by atoms with Gasteiger partial charge in [0.2, 0.25) is 0 Å². The van der Waals surface area contributed by atoms with Crippen LogP contribution in [0.2, 0.25) is 0 Å². The van der Waals surface area contributed by atoms with Gasteiger partial charge in [0.1, 0.15) is 0 Å². The van der Waals surface area contributed by atoms with E-state index < -0.39 is 0 Å². The summed E-state index contributed by atoms with van der Waals surface area (Å²) < 4.78 is 0. The predicted octanol–water partition coefficient (Wildman–Crippen LogP) is -1.07. The van der Waals surface area contributed by atoms with E-state index >= 15 is 0 Å². The van der Waals surface area contributed by atoms with Crippen LogP contribution in [0.25, 0.3) is 0 Å². The Morgan fingerprint density at radius 1 is 0.800 bits per heavy atom. The molecule has 0 aromatic carbocycles. The molecule has 0 bridgehead atoms. The van der Waals surface area contributed by atoms with Crippen LogP contribution in [-0.4, -0.2) is 5.48 Å². The molecular weight excluding hydrogens is 68.0 g/mol. The molecule has 3 heteroatoms. The maximum Gasteiger partial charge on any atom is 0 e. The molecule has 2 N–H and O–H groups in total. The summed E-state index contributed by atoms with van der Waals surface area (Å²) in [5.74, 6) is 0. The molecule has 0 atom stereocenters. The molecule has 0 fully saturated rings. The van der Waals surface area contributed by atoms with Gasteiger partial charge in [0.05, 0.1) is 0 Å². The minimum atomic E-state index is 0. The third kappa shape index (κ3) is 952. The van der Waals surface area contributed by atoms with Crippen LogP contribution in [0, 0.1) is 7.43 Å². The normalized spacial score (nSPS) is 0. The van der Waals surface area contributed by atoms with Crippen molar-refractivity contribution in [2.45, 2.75) is 7.43 Å². The van der Waals surface area contributed by atoms with Crippen LogP contribution in [0.5, 0.6) is 0 Å². The highest BCUT2D eigenvalue weighted by molar-refractivity contribution is 3.24. The summed E-state index contributed by atoms with van der Waals surface area (Å²) in [5.41, 5.74) is 0. The second-order valence-electron chi connectivity index (χ2n) is 0. The summed E-state index contributed by atoms with van der Waals surface area (Å²) in [6.07, 6.45) is 0. The quantitative estimate of drug-likeness (QED) is 0.350. The van der Waals surface area contributed by atoms with E-state index in [1.807, 2.05) is 0 Å². The summed E-state index contributed by atoms with van der Waals surface area (Å²) in [6.45, 7) is 0. The third-order valence-corrected chi connectivity index (χ3v) is 0. The second-order valence-corrected chi connectivity index (χ2v) is 0. The van der Waals surface area contributed by atoms with Crippen molar-refractivity contribution in [2.24, 2.45) is 0 Å². The van der Waals surface area contributed by atoms with Crippen LogP contribution >= 0.6 is 0 Å². The lowest BCUT2D eigenvalue weighted by molar-refractivity contribution is 0.824. The van der Waals surface area contributed by atoms with E-state index in [4.69, 9.17) is 0 Å². The first-order valence-corrected chi connectivity index (χ1v) is 0. The predicted molar refractivity (Wildman–Crippen MR) is 17.9 cm³/mol. The van der Waals surface area contributed by atoms with Crippen LogP contribution in [0.4, 0.5) is 0 Å². The van der Waals surface area contributed by atoms with E-state index in [1.165, 1.54) is 0 Å². The molecule has 0 aliphatic carbocycles. The molecule has 0 aromatic heterocycles. The van der Waals surface area contributed by atoms with Gasteiger partial charge in [0, 0.05) is 19.7 Å². The molecule has 0 saturated carbocycles. The fourth-order valence-corrected chi connectivity index (χ4v) is 0. The number of rotatable bonds is 0. The lowest BCUT2D eigenvalue weighted by Gasteiger charge is -0.412. The molecule has 0 unspecified atom stereocenters. The first-order valence-electron chi connectivity index (χ1n) is 0. The summed E-state index contributed by atoms with van der Waals surface area (Å²) in [6, 6.07) is 0. The summed E-state index contributed by atoms with van der Waals surface area (Å²) in [5, 5.41) is 0. The molecule has 30 valence electrons. The molecule has 0 heterocycles. The zero-order valence-electron chi connectivity index (χ0n) is 1.89. The molecule has 5 heavy (non-hydrogen) atoms. The summed E-state index contributed by atoms with van der Waals surface area (Å²) >= 11 is 0. The van der Waals surface area contributed by atoms with Crippen molar-refractivity contribution in [2.75, 3.05) is 0 Å². The van der Waals surface area contributed by atoms with E-state index in [0.717, 1.165) is 0 Å². The Morgan fingerprint density at radius 2 is 0.800 bits per heavy atom. The lowest BCUT2D eigenvalue weighted by atomic mass is 12.0. The van der Waals surface area contributed by atoms with Crippen molar-refractivity contribution in [3.05, 3.63) is 7.43 Å². The average Bonchev–Trinajstić information content (AvgIpc) is 0. The number of hydrogen-bond acceptors (Lipinski definition) is 0. The number of hydrogen-bond donors (Lipinski definition) is 0. The molecule has 0 amide bonds. The third-order valence-electron chi connectivity index (χ3n) is 0. The maximum atomic E-state index is 0. The van der Waals surface area contributed by atoms with E-state index in [-0.39, 0.29) is 32.6 Å². The fourth-order valence-electron chi connectivity index (χ4n) is 0. The first-order chi connectivity index (χ1) is 0. The van der Waals surface area contributed by atoms with Crippen LogP contribution in [0.3, 0.4) is 0 Å². The molecule has 0 aromatic rings. The van der Waals surface area contributed by atoms with Gasteiger partial charge in [0.15, 0.2) is 0 Å². The van der Waals surface area contributed by atoms with Gasteiger partial charge in [-0.05, 0) is 0 Å². The molecule has 3 nitrogen and oxygen atoms in total. The highest BCUT2D eigenvalue weighted by atomic mass is 16.0. The SMILES string of the molecule is C.O.[C].[N].[N]. The van der Waals surface area contributed by atoms with Crippen LogP contribution in [-0.2, 0) is 0 Å². The molecule has 0 aliphatic heterocycles. The van der Waals surface area contributed by atoms with Crippen LogP contribution in [0.15, 0.2) is 0 Å². The molecule has 0 rings (SSSR count). The zero-order chi connectivity index (χ0) is 0. The van der Waals surface area contributed by atoms with Gasteiger partial charge < -0.3 is 5.48 Å². The summed E-state index contributed by atoms with van der Waals surface area (Å²) in [4.78, 5) is 0. The Bertz CT molecular complexity index is 7.61. The topological polar surface area (TPSA) is 92.5 Å². The Balaban J connectivity index is 0. The van der Waals surface area contributed by atoms with Crippen molar-refractivity contribution in [3.8, 4) is 0 Å². The highest BCUT2D eigenvalue weighted by Crippen LogP contribution is 0.144. The van der Waals surface area contributed by atoms with E-state index in [0.29, 0.717) is 0 Å². The average molecular weight is 74.1 g/mol. The second kappa shape index (κ2) is 2230. The van der Waals surface area contributed by atoms with Crippen LogP contribution in [0.1, 0.15) is 7.43 Å². The van der Waals surface area contributed by atoms with Gasteiger partial charge in [-0.25, -0.2) is 0 Å². The van der Waals surface area contributed by atoms with Gasteiger partial charge in [-0.1, -0.05) is 7.43 Å². The minimum absolute atomic E-state index is 0. The van der Waals surface area contributed by atoms with Gasteiger partial charge in [0.25, 0.3) is 0 Å². The van der Waals surface area contributed by atoms with Gasteiger partial charge in [-0.15, -0.1) is 0 Å². The van der Waals surface area contributed by atoms with Crippen molar-refractivity contribution in [1.82, 2.24) is 12.3 Å². The summed E-state index contributed by atoms with van der Waals surface area (Å²) in [7, 11) is 0. The Hall–Kier alpha value is -0.120. The number of nitrogens with zero attached hydrogens (tertiary/aromatic N) is 2. The fraction of sp³-hybridized carbons (Fsp3) is 0.500.